The minimum atomic E-state index is -0.838. The molecule has 1 saturated heterocycles. The molecule has 2 aromatic rings. The van der Waals surface area contributed by atoms with Gasteiger partial charge in [-0.2, -0.15) is 4.98 Å². The van der Waals surface area contributed by atoms with Gasteiger partial charge in [0.2, 0.25) is 5.95 Å². The van der Waals surface area contributed by atoms with Crippen LogP contribution < -0.4 is 10.9 Å². The Hall–Kier alpha value is -2.99. The average molecular weight is 395 g/mol. The molecule has 1 aliphatic rings. The number of carbonyl (C=O) groups excluding carboxylic acids is 2. The Balaban J connectivity index is 2.01. The molecule has 0 radical (unpaired) electrons. The Morgan fingerprint density at radius 1 is 1.32 bits per heavy atom. The van der Waals surface area contributed by atoms with E-state index in [1.807, 2.05) is 0 Å². The molecular formula is C16H21N5O7. The fourth-order valence-electron chi connectivity index (χ4n) is 3.08. The molecule has 28 heavy (non-hydrogen) atoms. The number of anilines is 1. The van der Waals surface area contributed by atoms with Gasteiger partial charge >= 0.3 is 11.9 Å². The summed E-state index contributed by atoms with van der Waals surface area (Å²) in [5.74, 6) is -0.784. The molecule has 4 unspecified atom stereocenters. The number of methoxy groups -OCH3 is 1. The number of H-pyrrole nitrogens is 1. The number of fused-ring (bicyclic) bond motifs is 1. The number of nitrogens with zero attached hydrogens (tertiary/aromatic N) is 3. The molecule has 0 saturated carbocycles. The number of rotatable bonds is 6. The molecule has 2 aromatic heterocycles. The molecule has 2 N–H and O–H groups in total. The van der Waals surface area contributed by atoms with Crippen LogP contribution in [0, 0.1) is 0 Å². The van der Waals surface area contributed by atoms with E-state index in [-0.39, 0.29) is 23.7 Å². The Labute approximate surface area is 159 Å². The minimum Gasteiger partial charge on any atom is -0.463 e. The summed E-state index contributed by atoms with van der Waals surface area (Å²) in [5, 5.41) is 2.76. The van der Waals surface area contributed by atoms with Gasteiger partial charge in [0, 0.05) is 28.0 Å². The third-order valence-corrected chi connectivity index (χ3v) is 4.25. The van der Waals surface area contributed by atoms with Crippen LogP contribution in [0.5, 0.6) is 0 Å². The smallest absolute Gasteiger partial charge is 0.303 e. The Bertz CT molecular complexity index is 939. The van der Waals surface area contributed by atoms with E-state index in [1.165, 1.54) is 31.9 Å². The molecule has 0 spiro atoms. The lowest BCUT2D eigenvalue weighted by Gasteiger charge is -2.22. The fraction of sp³-hybridized carbons (Fsp3) is 0.562. The molecule has 3 heterocycles. The van der Waals surface area contributed by atoms with Crippen LogP contribution in [-0.2, 0) is 28.5 Å². The molecule has 12 heteroatoms. The summed E-state index contributed by atoms with van der Waals surface area (Å²) in [4.78, 5) is 45.9. The lowest BCUT2D eigenvalue weighted by Crippen LogP contribution is -2.39. The standard InChI is InChI=1S/C16H21N5O7/c1-7(22)26-5-9-11(27-8(2)23)12(25-4)15(28-9)21-6-18-10-13(21)19-16(17-3)20-14(10)24/h6,9,11-12,15H,5H2,1-4H3,(H2,17,19,20,24). The molecule has 3 rings (SSSR count). The first-order chi connectivity index (χ1) is 13.3. The van der Waals surface area contributed by atoms with Crippen molar-refractivity contribution in [2.75, 3.05) is 26.1 Å². The maximum atomic E-state index is 12.2. The van der Waals surface area contributed by atoms with E-state index in [0.29, 0.717) is 0 Å². The van der Waals surface area contributed by atoms with Gasteiger partial charge in [-0.15, -0.1) is 0 Å². The predicted octanol–water partition coefficient (Wildman–Crippen LogP) is -0.431. The van der Waals surface area contributed by atoms with E-state index in [0.717, 1.165) is 0 Å². The molecular weight excluding hydrogens is 374 g/mol. The van der Waals surface area contributed by atoms with Crippen molar-refractivity contribution in [3.63, 3.8) is 0 Å². The SMILES string of the molecule is CNc1nc2c(ncn2C2OC(COC(C)=O)C(OC(C)=O)C2OC)c(=O)[nH]1. The minimum absolute atomic E-state index is 0.116. The van der Waals surface area contributed by atoms with Crippen molar-refractivity contribution in [3.05, 3.63) is 16.7 Å². The highest BCUT2D eigenvalue weighted by Gasteiger charge is 2.49. The highest BCUT2D eigenvalue weighted by atomic mass is 16.6. The molecule has 152 valence electrons. The Morgan fingerprint density at radius 3 is 2.68 bits per heavy atom. The van der Waals surface area contributed by atoms with Gasteiger partial charge in [0.15, 0.2) is 23.5 Å². The van der Waals surface area contributed by atoms with Gasteiger partial charge in [-0.05, 0) is 0 Å². The normalized spacial score (nSPS) is 24.3. The van der Waals surface area contributed by atoms with E-state index < -0.39 is 42.0 Å². The van der Waals surface area contributed by atoms with E-state index in [2.05, 4.69) is 20.3 Å². The Kier molecular flexibility index (Phi) is 5.61. The predicted molar refractivity (Wildman–Crippen MR) is 94.6 cm³/mol. The zero-order valence-electron chi connectivity index (χ0n) is 15.8. The number of carbonyl (C=O) groups is 2. The van der Waals surface area contributed by atoms with Crippen LogP contribution in [0.15, 0.2) is 11.1 Å². The van der Waals surface area contributed by atoms with Crippen molar-refractivity contribution in [1.29, 1.82) is 0 Å². The molecule has 12 nitrogen and oxygen atoms in total. The molecule has 1 aliphatic heterocycles. The van der Waals surface area contributed by atoms with Crippen molar-refractivity contribution in [1.82, 2.24) is 19.5 Å². The summed E-state index contributed by atoms with van der Waals surface area (Å²) >= 11 is 0. The second-order valence-electron chi connectivity index (χ2n) is 6.13. The highest BCUT2D eigenvalue weighted by molar-refractivity contribution is 5.71. The summed E-state index contributed by atoms with van der Waals surface area (Å²) in [7, 11) is 3.05. The molecule has 1 fully saturated rings. The van der Waals surface area contributed by atoms with Crippen LogP contribution in [0.4, 0.5) is 5.95 Å². The molecule has 4 atom stereocenters. The molecule has 0 bridgehead atoms. The van der Waals surface area contributed by atoms with Crippen molar-refractivity contribution in [2.24, 2.45) is 0 Å². The van der Waals surface area contributed by atoms with Crippen LogP contribution in [0.3, 0.4) is 0 Å². The number of nitrogens with one attached hydrogen (secondary N) is 2. The van der Waals surface area contributed by atoms with Crippen LogP contribution >= 0.6 is 0 Å². The second kappa shape index (κ2) is 7.94. The number of hydrogen-bond acceptors (Lipinski definition) is 10. The zero-order chi connectivity index (χ0) is 20.4. The summed E-state index contributed by atoms with van der Waals surface area (Å²) < 4.78 is 23.4. The fourth-order valence-corrected chi connectivity index (χ4v) is 3.08. The van der Waals surface area contributed by atoms with Crippen molar-refractivity contribution in [3.8, 4) is 0 Å². The topological polar surface area (TPSA) is 147 Å². The van der Waals surface area contributed by atoms with Gasteiger partial charge in [-0.3, -0.25) is 23.9 Å². The van der Waals surface area contributed by atoms with Crippen LogP contribution in [0.1, 0.15) is 20.1 Å². The number of hydrogen-bond donors (Lipinski definition) is 2. The van der Waals surface area contributed by atoms with E-state index in [9.17, 15) is 14.4 Å². The van der Waals surface area contributed by atoms with Gasteiger partial charge in [0.1, 0.15) is 18.8 Å². The quantitative estimate of drug-likeness (QED) is 0.617. The number of aromatic nitrogens is 4. The van der Waals surface area contributed by atoms with Gasteiger partial charge in [0.25, 0.3) is 5.56 Å². The monoisotopic (exact) mass is 395 g/mol. The van der Waals surface area contributed by atoms with Crippen LogP contribution in [0.2, 0.25) is 0 Å². The first kappa shape index (κ1) is 19.8. The second-order valence-corrected chi connectivity index (χ2v) is 6.13. The molecule has 0 aromatic carbocycles. The number of imidazole rings is 1. The maximum absolute atomic E-state index is 12.2. The first-order valence-corrected chi connectivity index (χ1v) is 8.49. The van der Waals surface area contributed by atoms with Crippen LogP contribution in [-0.4, -0.2) is 70.5 Å². The summed E-state index contributed by atoms with van der Waals surface area (Å²) in [5.41, 5.74) is -0.0483. The van der Waals surface area contributed by atoms with Gasteiger partial charge < -0.3 is 24.3 Å². The Morgan fingerprint density at radius 2 is 2.07 bits per heavy atom. The summed E-state index contributed by atoms with van der Waals surface area (Å²) in [6, 6.07) is 0. The van der Waals surface area contributed by atoms with Crippen molar-refractivity contribution >= 4 is 29.1 Å². The summed E-state index contributed by atoms with van der Waals surface area (Å²) in [6.07, 6.45) is -1.79. The lowest BCUT2D eigenvalue weighted by molar-refractivity contribution is -0.157. The molecule has 0 amide bonds. The average Bonchev–Trinajstić information content (AvgIpc) is 3.20. The van der Waals surface area contributed by atoms with Gasteiger partial charge in [-0.25, -0.2) is 4.98 Å². The third-order valence-electron chi connectivity index (χ3n) is 4.25. The highest BCUT2D eigenvalue weighted by Crippen LogP contribution is 2.35. The number of esters is 2. The molecule has 0 aliphatic carbocycles. The summed E-state index contributed by atoms with van der Waals surface area (Å²) in [6.45, 7) is 2.39. The van der Waals surface area contributed by atoms with Crippen molar-refractivity contribution < 1.29 is 28.5 Å². The van der Waals surface area contributed by atoms with Gasteiger partial charge in [0.05, 0.1) is 6.33 Å². The zero-order valence-corrected chi connectivity index (χ0v) is 15.8. The van der Waals surface area contributed by atoms with E-state index >= 15 is 0 Å². The number of ether oxygens (including phenoxy) is 4. The van der Waals surface area contributed by atoms with Gasteiger partial charge in [-0.1, -0.05) is 0 Å². The van der Waals surface area contributed by atoms with Crippen molar-refractivity contribution in [2.45, 2.75) is 38.4 Å². The van der Waals surface area contributed by atoms with E-state index in [4.69, 9.17) is 18.9 Å². The largest absolute Gasteiger partial charge is 0.463 e. The third kappa shape index (κ3) is 3.68. The number of aromatic amines is 1. The lowest BCUT2D eigenvalue weighted by atomic mass is 10.1. The van der Waals surface area contributed by atoms with Crippen LogP contribution in [0.25, 0.3) is 11.2 Å². The first-order valence-electron chi connectivity index (χ1n) is 8.49. The maximum Gasteiger partial charge on any atom is 0.303 e. The van der Waals surface area contributed by atoms with E-state index in [1.54, 1.807) is 7.05 Å².